The zero-order valence-corrected chi connectivity index (χ0v) is 16.4. The maximum atomic E-state index is 12.6. The van der Waals surface area contributed by atoms with Gasteiger partial charge in [0, 0.05) is 23.5 Å². The minimum atomic E-state index is -0.999. The van der Waals surface area contributed by atoms with Gasteiger partial charge in [0.05, 0.1) is 0 Å². The first-order valence-electron chi connectivity index (χ1n) is 9.60. The van der Waals surface area contributed by atoms with E-state index in [4.69, 9.17) is 15.2 Å². The molecule has 0 saturated carbocycles. The quantitative estimate of drug-likeness (QED) is 0.384. The average Bonchev–Trinajstić information content (AvgIpc) is 3.19. The fourth-order valence-electron chi connectivity index (χ4n) is 3.34. The maximum absolute atomic E-state index is 12.6. The Hall–Kier alpha value is -4.21. The van der Waals surface area contributed by atoms with Gasteiger partial charge in [-0.2, -0.15) is 0 Å². The second kappa shape index (κ2) is 8.66. The van der Waals surface area contributed by atoms with E-state index in [1.54, 1.807) is 30.5 Å². The standard InChI is InChI=1S/C21H21N5O5/c22-21(29)24-15(9-12-10-23-14-6-2-1-5-13(12)14)19(27)25-26-20(28)18-11-30-16-7-3-4-8-17(16)31-18/h1-8,10,15,18,23H,9,11H2,(H,25,27)(H,26,28)(H3,22,24,29)/t15-,18-/m1/s1. The van der Waals surface area contributed by atoms with Crippen LogP contribution in [0.1, 0.15) is 5.56 Å². The number of urea groups is 1. The van der Waals surface area contributed by atoms with Crippen molar-refractivity contribution in [3.63, 3.8) is 0 Å². The molecule has 0 radical (unpaired) electrons. The van der Waals surface area contributed by atoms with Crippen molar-refractivity contribution >= 4 is 28.7 Å². The van der Waals surface area contributed by atoms with Crippen molar-refractivity contribution in [2.75, 3.05) is 6.61 Å². The molecule has 1 aliphatic heterocycles. The Kier molecular flexibility index (Phi) is 5.61. The van der Waals surface area contributed by atoms with Gasteiger partial charge in [0.2, 0.25) is 6.10 Å². The zero-order chi connectivity index (χ0) is 21.8. The topological polar surface area (TPSA) is 148 Å². The monoisotopic (exact) mass is 423 g/mol. The van der Waals surface area contributed by atoms with E-state index in [-0.39, 0.29) is 13.0 Å². The summed E-state index contributed by atoms with van der Waals surface area (Å²) in [6, 6.07) is 12.7. The molecule has 0 spiro atoms. The SMILES string of the molecule is NC(=O)N[C@H](Cc1c[nH]c2ccccc12)C(=O)NNC(=O)[C@H]1COc2ccccc2O1. The number of aromatic amines is 1. The third kappa shape index (κ3) is 4.53. The van der Waals surface area contributed by atoms with Gasteiger partial charge in [-0.15, -0.1) is 0 Å². The van der Waals surface area contributed by atoms with Crippen LogP contribution < -0.4 is 31.4 Å². The lowest BCUT2D eigenvalue weighted by Crippen LogP contribution is -2.56. The number of nitrogens with two attached hydrogens (primary N) is 1. The normalized spacial score (nSPS) is 15.7. The molecule has 2 aromatic carbocycles. The van der Waals surface area contributed by atoms with Crippen LogP contribution >= 0.6 is 0 Å². The number of aromatic nitrogens is 1. The highest BCUT2D eigenvalue weighted by atomic mass is 16.6. The largest absolute Gasteiger partial charge is 0.485 e. The number of hydrazine groups is 1. The highest BCUT2D eigenvalue weighted by Crippen LogP contribution is 2.30. The first kappa shape index (κ1) is 20.1. The van der Waals surface area contributed by atoms with E-state index in [1.165, 1.54) is 0 Å². The number of amides is 4. The van der Waals surface area contributed by atoms with E-state index in [2.05, 4.69) is 21.2 Å². The van der Waals surface area contributed by atoms with Gasteiger partial charge < -0.3 is 25.5 Å². The second-order valence-electron chi connectivity index (χ2n) is 6.97. The van der Waals surface area contributed by atoms with Crippen LogP contribution in [0.4, 0.5) is 4.79 Å². The number of fused-ring (bicyclic) bond motifs is 2. The molecule has 0 saturated heterocycles. The summed E-state index contributed by atoms with van der Waals surface area (Å²) in [4.78, 5) is 39.6. The van der Waals surface area contributed by atoms with Gasteiger partial charge in [-0.1, -0.05) is 30.3 Å². The van der Waals surface area contributed by atoms with Crippen LogP contribution in [0.15, 0.2) is 54.7 Å². The lowest BCUT2D eigenvalue weighted by molar-refractivity contribution is -0.135. The number of benzene rings is 2. The Balaban J connectivity index is 1.38. The third-order valence-electron chi connectivity index (χ3n) is 4.84. The van der Waals surface area contributed by atoms with E-state index in [0.717, 1.165) is 16.5 Å². The molecule has 2 heterocycles. The summed E-state index contributed by atoms with van der Waals surface area (Å²) in [5, 5.41) is 3.32. The van der Waals surface area contributed by atoms with E-state index < -0.39 is 30.0 Å². The van der Waals surface area contributed by atoms with Crippen LogP contribution in [-0.2, 0) is 16.0 Å². The van der Waals surface area contributed by atoms with E-state index in [9.17, 15) is 14.4 Å². The van der Waals surface area contributed by atoms with Gasteiger partial charge in [0.1, 0.15) is 12.6 Å². The molecule has 2 atom stereocenters. The summed E-state index contributed by atoms with van der Waals surface area (Å²) >= 11 is 0. The third-order valence-corrected chi connectivity index (χ3v) is 4.84. The van der Waals surface area contributed by atoms with Crippen molar-refractivity contribution < 1.29 is 23.9 Å². The molecule has 3 aromatic rings. The number of hydrogen-bond acceptors (Lipinski definition) is 5. The number of ether oxygens (including phenoxy) is 2. The smallest absolute Gasteiger partial charge is 0.312 e. The van der Waals surface area contributed by atoms with Crippen LogP contribution in [0.5, 0.6) is 11.5 Å². The molecule has 0 aliphatic carbocycles. The molecular formula is C21H21N5O5. The Morgan fingerprint density at radius 3 is 2.61 bits per heavy atom. The second-order valence-corrected chi connectivity index (χ2v) is 6.97. The predicted molar refractivity (Wildman–Crippen MR) is 111 cm³/mol. The van der Waals surface area contributed by atoms with Crippen molar-refractivity contribution in [3.05, 3.63) is 60.3 Å². The molecule has 1 aliphatic rings. The summed E-state index contributed by atoms with van der Waals surface area (Å²) in [6.45, 7) is -0.00296. The molecular weight excluding hydrogens is 402 g/mol. The summed E-state index contributed by atoms with van der Waals surface area (Å²) in [6.07, 6.45) is 0.994. The Bertz CT molecular complexity index is 1130. The number of rotatable bonds is 5. The summed E-state index contributed by atoms with van der Waals surface area (Å²) in [5.74, 6) is -0.241. The number of carbonyl (C=O) groups excluding carboxylic acids is 3. The molecule has 10 heteroatoms. The number of nitrogens with one attached hydrogen (secondary N) is 4. The van der Waals surface area contributed by atoms with E-state index >= 15 is 0 Å². The average molecular weight is 423 g/mol. The molecule has 10 nitrogen and oxygen atoms in total. The molecule has 6 N–H and O–H groups in total. The van der Waals surface area contributed by atoms with E-state index in [0.29, 0.717) is 11.5 Å². The Morgan fingerprint density at radius 1 is 1.06 bits per heavy atom. The van der Waals surface area contributed by atoms with Gasteiger partial charge in [0.25, 0.3) is 11.8 Å². The first-order chi connectivity index (χ1) is 15.0. The van der Waals surface area contributed by atoms with Gasteiger partial charge in [-0.25, -0.2) is 4.79 Å². The van der Waals surface area contributed by atoms with Crippen molar-refractivity contribution in [3.8, 4) is 11.5 Å². The van der Waals surface area contributed by atoms with Crippen LogP contribution in [0.25, 0.3) is 10.9 Å². The highest BCUT2D eigenvalue weighted by Gasteiger charge is 2.29. The van der Waals surface area contributed by atoms with Gasteiger partial charge in [-0.3, -0.25) is 20.4 Å². The molecule has 1 aromatic heterocycles. The molecule has 4 rings (SSSR count). The van der Waals surface area contributed by atoms with Crippen LogP contribution in [0.3, 0.4) is 0 Å². The molecule has 160 valence electrons. The van der Waals surface area contributed by atoms with Crippen LogP contribution in [0.2, 0.25) is 0 Å². The highest BCUT2D eigenvalue weighted by molar-refractivity contribution is 5.91. The lowest BCUT2D eigenvalue weighted by atomic mass is 10.0. The van der Waals surface area contributed by atoms with Gasteiger partial charge in [0.15, 0.2) is 11.5 Å². The molecule has 4 amide bonds. The van der Waals surface area contributed by atoms with Crippen molar-refractivity contribution in [2.24, 2.45) is 5.73 Å². The number of hydrogen-bond donors (Lipinski definition) is 5. The molecule has 0 fully saturated rings. The fraction of sp³-hybridized carbons (Fsp3) is 0.190. The molecule has 0 bridgehead atoms. The zero-order valence-electron chi connectivity index (χ0n) is 16.4. The summed E-state index contributed by atoms with van der Waals surface area (Å²) in [5.41, 5.74) is 11.6. The van der Waals surface area contributed by atoms with Crippen molar-refractivity contribution in [2.45, 2.75) is 18.6 Å². The number of primary amides is 1. The van der Waals surface area contributed by atoms with Crippen LogP contribution in [0, 0.1) is 0 Å². The van der Waals surface area contributed by atoms with Crippen LogP contribution in [-0.4, -0.2) is 41.6 Å². The Labute approximate surface area is 177 Å². The van der Waals surface area contributed by atoms with Gasteiger partial charge in [-0.05, 0) is 23.8 Å². The van der Waals surface area contributed by atoms with E-state index in [1.807, 2.05) is 24.3 Å². The predicted octanol–water partition coefficient (Wildman–Crippen LogP) is 0.735. The fourth-order valence-corrected chi connectivity index (χ4v) is 3.34. The number of carbonyl (C=O) groups is 3. The molecule has 0 unspecified atom stereocenters. The first-order valence-corrected chi connectivity index (χ1v) is 9.60. The summed E-state index contributed by atoms with van der Waals surface area (Å²) in [7, 11) is 0. The maximum Gasteiger partial charge on any atom is 0.312 e. The number of H-pyrrole nitrogens is 1. The Morgan fingerprint density at radius 2 is 1.81 bits per heavy atom. The minimum Gasteiger partial charge on any atom is -0.485 e. The van der Waals surface area contributed by atoms with Crippen molar-refractivity contribution in [1.29, 1.82) is 0 Å². The molecule has 31 heavy (non-hydrogen) atoms. The van der Waals surface area contributed by atoms with Crippen molar-refractivity contribution in [1.82, 2.24) is 21.2 Å². The number of para-hydroxylation sites is 3. The van der Waals surface area contributed by atoms with Gasteiger partial charge >= 0.3 is 6.03 Å². The minimum absolute atomic E-state index is 0.00296. The lowest BCUT2D eigenvalue weighted by Gasteiger charge is -2.26. The summed E-state index contributed by atoms with van der Waals surface area (Å²) < 4.78 is 11.1.